The number of hydrogen-bond donors (Lipinski definition) is 1. The molecular formula is C14H12ClF2NO2S. The molecule has 0 spiro atoms. The van der Waals surface area contributed by atoms with Gasteiger partial charge in [-0.15, -0.1) is 0 Å². The molecule has 112 valence electrons. The van der Waals surface area contributed by atoms with E-state index in [2.05, 4.69) is 4.72 Å². The zero-order chi connectivity index (χ0) is 15.5. The van der Waals surface area contributed by atoms with Crippen molar-refractivity contribution >= 4 is 21.6 Å². The van der Waals surface area contributed by atoms with Crippen LogP contribution in [0, 0.1) is 11.6 Å². The van der Waals surface area contributed by atoms with Crippen LogP contribution in [-0.2, 0) is 22.3 Å². The summed E-state index contributed by atoms with van der Waals surface area (Å²) in [5, 5.41) is 0.333. The van der Waals surface area contributed by atoms with E-state index in [1.54, 1.807) is 24.3 Å². The monoisotopic (exact) mass is 331 g/mol. The summed E-state index contributed by atoms with van der Waals surface area (Å²) in [6.07, 6.45) is 0. The highest BCUT2D eigenvalue weighted by Crippen LogP contribution is 2.17. The van der Waals surface area contributed by atoms with Crippen LogP contribution in [0.4, 0.5) is 8.78 Å². The van der Waals surface area contributed by atoms with Gasteiger partial charge < -0.3 is 0 Å². The molecule has 0 saturated heterocycles. The van der Waals surface area contributed by atoms with Gasteiger partial charge in [-0.3, -0.25) is 0 Å². The van der Waals surface area contributed by atoms with Crippen molar-refractivity contribution in [2.75, 3.05) is 0 Å². The second kappa shape index (κ2) is 6.51. The van der Waals surface area contributed by atoms with Gasteiger partial charge in [0.25, 0.3) is 0 Å². The third kappa shape index (κ3) is 4.49. The molecule has 7 heteroatoms. The highest BCUT2D eigenvalue weighted by atomic mass is 35.5. The Balaban J connectivity index is 2.08. The van der Waals surface area contributed by atoms with Crippen LogP contribution in [0.1, 0.15) is 11.1 Å². The van der Waals surface area contributed by atoms with E-state index in [1.807, 2.05) is 0 Å². The van der Waals surface area contributed by atoms with E-state index < -0.39 is 21.7 Å². The van der Waals surface area contributed by atoms with Crippen LogP contribution in [-0.4, -0.2) is 8.42 Å². The summed E-state index contributed by atoms with van der Waals surface area (Å²) >= 11 is 5.89. The van der Waals surface area contributed by atoms with Crippen molar-refractivity contribution in [3.63, 3.8) is 0 Å². The van der Waals surface area contributed by atoms with Crippen LogP contribution in [0.25, 0.3) is 0 Å². The summed E-state index contributed by atoms with van der Waals surface area (Å²) in [5.41, 5.74) is 0.379. The highest BCUT2D eigenvalue weighted by Gasteiger charge is 2.14. The number of benzene rings is 2. The molecule has 0 radical (unpaired) electrons. The van der Waals surface area contributed by atoms with Gasteiger partial charge in [-0.1, -0.05) is 29.8 Å². The van der Waals surface area contributed by atoms with Crippen LogP contribution in [0.15, 0.2) is 42.5 Å². The third-order valence-electron chi connectivity index (χ3n) is 2.79. The molecule has 0 amide bonds. The molecule has 2 rings (SSSR count). The molecule has 0 aliphatic carbocycles. The molecule has 0 fully saturated rings. The Labute approximate surface area is 126 Å². The SMILES string of the molecule is O=S(=O)(Cc1ccccc1Cl)NCc1cc(F)ccc1F. The van der Waals surface area contributed by atoms with Crippen molar-refractivity contribution in [1.82, 2.24) is 4.72 Å². The molecule has 3 nitrogen and oxygen atoms in total. The fraction of sp³-hybridized carbons (Fsp3) is 0.143. The smallest absolute Gasteiger partial charge is 0.212 e. The summed E-state index contributed by atoms with van der Waals surface area (Å²) in [5.74, 6) is -1.63. The Morgan fingerprint density at radius 3 is 2.48 bits per heavy atom. The number of halogens is 3. The van der Waals surface area contributed by atoms with Crippen LogP contribution in [0.3, 0.4) is 0 Å². The van der Waals surface area contributed by atoms with Gasteiger partial charge in [0.15, 0.2) is 0 Å². The van der Waals surface area contributed by atoms with E-state index in [4.69, 9.17) is 11.6 Å². The first-order chi connectivity index (χ1) is 9.87. The topological polar surface area (TPSA) is 46.2 Å². The standard InChI is InChI=1S/C14H12ClF2NO2S/c15-13-4-2-1-3-10(13)9-21(19,20)18-8-11-7-12(16)5-6-14(11)17/h1-7,18H,8-9H2. The molecule has 0 unspecified atom stereocenters. The highest BCUT2D eigenvalue weighted by molar-refractivity contribution is 7.88. The van der Waals surface area contributed by atoms with Gasteiger partial charge >= 0.3 is 0 Å². The summed E-state index contributed by atoms with van der Waals surface area (Å²) in [4.78, 5) is 0. The van der Waals surface area contributed by atoms with Gasteiger partial charge in [0, 0.05) is 17.1 Å². The van der Waals surface area contributed by atoms with Crippen LogP contribution < -0.4 is 4.72 Å². The maximum atomic E-state index is 13.4. The number of nitrogens with one attached hydrogen (secondary N) is 1. The van der Waals surface area contributed by atoms with E-state index in [0.29, 0.717) is 10.6 Å². The quantitative estimate of drug-likeness (QED) is 0.914. The Kier molecular flexibility index (Phi) is 4.92. The molecule has 2 aromatic carbocycles. The fourth-order valence-electron chi connectivity index (χ4n) is 1.74. The molecule has 0 saturated carbocycles. The van der Waals surface area contributed by atoms with E-state index in [9.17, 15) is 17.2 Å². The molecule has 2 aromatic rings. The number of sulfonamides is 1. The maximum absolute atomic E-state index is 13.4. The zero-order valence-corrected chi connectivity index (χ0v) is 12.4. The summed E-state index contributed by atoms with van der Waals surface area (Å²) in [7, 11) is -3.71. The molecular weight excluding hydrogens is 320 g/mol. The van der Waals surface area contributed by atoms with Crippen LogP contribution in [0.5, 0.6) is 0 Å². The Hall–Kier alpha value is -1.50. The first-order valence-electron chi connectivity index (χ1n) is 6.02. The van der Waals surface area contributed by atoms with Gasteiger partial charge in [0.05, 0.1) is 5.75 Å². The molecule has 0 aliphatic heterocycles. The third-order valence-corrected chi connectivity index (χ3v) is 4.44. The summed E-state index contributed by atoms with van der Waals surface area (Å²) in [6.45, 7) is -0.323. The normalized spacial score (nSPS) is 11.6. The van der Waals surface area contributed by atoms with E-state index >= 15 is 0 Å². The predicted octanol–water partition coefficient (Wildman–Crippen LogP) is 3.24. The molecule has 0 heterocycles. The molecule has 0 atom stereocenters. The summed E-state index contributed by atoms with van der Waals surface area (Å²) in [6, 6.07) is 9.40. The minimum Gasteiger partial charge on any atom is -0.212 e. The second-order valence-corrected chi connectivity index (χ2v) is 6.62. The number of rotatable bonds is 5. The Bertz CT molecular complexity index is 750. The van der Waals surface area contributed by atoms with Gasteiger partial charge in [-0.25, -0.2) is 21.9 Å². The fourth-order valence-corrected chi connectivity index (χ4v) is 3.16. The predicted molar refractivity (Wildman–Crippen MR) is 77.3 cm³/mol. The average Bonchev–Trinajstić information content (AvgIpc) is 2.42. The van der Waals surface area contributed by atoms with E-state index in [1.165, 1.54) is 0 Å². The number of hydrogen-bond acceptors (Lipinski definition) is 2. The molecule has 0 bridgehead atoms. The van der Waals surface area contributed by atoms with E-state index in [0.717, 1.165) is 18.2 Å². The largest absolute Gasteiger partial charge is 0.216 e. The Morgan fingerprint density at radius 2 is 1.76 bits per heavy atom. The average molecular weight is 332 g/mol. The lowest BCUT2D eigenvalue weighted by Crippen LogP contribution is -2.25. The minimum atomic E-state index is -3.71. The zero-order valence-electron chi connectivity index (χ0n) is 10.8. The van der Waals surface area contributed by atoms with Crippen molar-refractivity contribution in [3.05, 3.63) is 70.2 Å². The van der Waals surface area contributed by atoms with Crippen LogP contribution in [0.2, 0.25) is 5.02 Å². The molecule has 0 aromatic heterocycles. The van der Waals surface area contributed by atoms with Gasteiger partial charge in [-0.05, 0) is 29.8 Å². The minimum absolute atomic E-state index is 0.0577. The maximum Gasteiger partial charge on any atom is 0.216 e. The van der Waals surface area contributed by atoms with Crippen molar-refractivity contribution in [2.24, 2.45) is 0 Å². The molecule has 0 aliphatic rings. The van der Waals surface area contributed by atoms with Crippen molar-refractivity contribution in [3.8, 4) is 0 Å². The van der Waals surface area contributed by atoms with E-state index in [-0.39, 0.29) is 17.9 Å². The lowest BCUT2D eigenvalue weighted by atomic mass is 10.2. The summed E-state index contributed by atoms with van der Waals surface area (Å²) < 4.78 is 52.5. The van der Waals surface area contributed by atoms with Crippen LogP contribution >= 0.6 is 11.6 Å². The molecule has 1 N–H and O–H groups in total. The molecule has 21 heavy (non-hydrogen) atoms. The Morgan fingerprint density at radius 1 is 1.05 bits per heavy atom. The van der Waals surface area contributed by atoms with Crippen molar-refractivity contribution in [2.45, 2.75) is 12.3 Å². The lowest BCUT2D eigenvalue weighted by Gasteiger charge is -2.09. The van der Waals surface area contributed by atoms with Crippen molar-refractivity contribution in [1.29, 1.82) is 0 Å². The van der Waals surface area contributed by atoms with Gasteiger partial charge in [-0.2, -0.15) is 0 Å². The van der Waals surface area contributed by atoms with Gasteiger partial charge in [0.2, 0.25) is 10.0 Å². The first kappa shape index (κ1) is 15.9. The first-order valence-corrected chi connectivity index (χ1v) is 8.05. The second-order valence-electron chi connectivity index (χ2n) is 4.41. The van der Waals surface area contributed by atoms with Gasteiger partial charge in [0.1, 0.15) is 11.6 Å². The van der Waals surface area contributed by atoms with Crippen molar-refractivity contribution < 1.29 is 17.2 Å². The lowest BCUT2D eigenvalue weighted by molar-refractivity contribution is 0.566.